The molecule has 4 nitrogen and oxygen atoms in total. The van der Waals surface area contributed by atoms with Crippen LogP contribution in [0.3, 0.4) is 0 Å². The zero-order valence-corrected chi connectivity index (χ0v) is 12.5. The summed E-state index contributed by atoms with van der Waals surface area (Å²) < 4.78 is 0. The third-order valence-corrected chi connectivity index (χ3v) is 5.33. The molecule has 1 heterocycles. The molecule has 3 rings (SSSR count). The van der Waals surface area contributed by atoms with Crippen molar-refractivity contribution in [2.24, 2.45) is 17.6 Å². The molecule has 0 unspecified atom stereocenters. The third kappa shape index (κ3) is 3.95. The van der Waals surface area contributed by atoms with Crippen molar-refractivity contribution in [3.8, 4) is 0 Å². The predicted octanol–water partition coefficient (Wildman–Crippen LogP) is 1.49. The van der Waals surface area contributed by atoms with E-state index in [0.717, 1.165) is 44.7 Å². The van der Waals surface area contributed by atoms with Crippen molar-refractivity contribution < 1.29 is 4.79 Å². The SMILES string of the molecule is N[C@@H]1CCC[C@H]1CC(=O)NC1CCN(CC2CC2)CC1. The lowest BCUT2D eigenvalue weighted by atomic mass is 9.98. The monoisotopic (exact) mass is 279 g/mol. The molecule has 3 N–H and O–H groups in total. The van der Waals surface area contributed by atoms with Gasteiger partial charge in [-0.15, -0.1) is 0 Å². The van der Waals surface area contributed by atoms with Crippen LogP contribution in [-0.4, -0.2) is 42.5 Å². The van der Waals surface area contributed by atoms with Crippen LogP contribution in [0.5, 0.6) is 0 Å². The summed E-state index contributed by atoms with van der Waals surface area (Å²) >= 11 is 0. The Hall–Kier alpha value is -0.610. The number of piperidine rings is 1. The zero-order chi connectivity index (χ0) is 13.9. The summed E-state index contributed by atoms with van der Waals surface area (Å²) in [7, 11) is 0. The highest BCUT2D eigenvalue weighted by Crippen LogP contribution is 2.30. The van der Waals surface area contributed by atoms with Crippen molar-refractivity contribution >= 4 is 5.91 Å². The number of carbonyl (C=O) groups excluding carboxylic acids is 1. The Bertz CT molecular complexity index is 335. The Morgan fingerprint density at radius 3 is 2.45 bits per heavy atom. The summed E-state index contributed by atoms with van der Waals surface area (Å²) in [6, 6.07) is 0.650. The molecule has 0 aromatic heterocycles. The van der Waals surface area contributed by atoms with Crippen molar-refractivity contribution in [1.82, 2.24) is 10.2 Å². The van der Waals surface area contributed by atoms with Crippen molar-refractivity contribution in [3.63, 3.8) is 0 Å². The van der Waals surface area contributed by atoms with Crippen LogP contribution in [0, 0.1) is 11.8 Å². The number of nitrogens with one attached hydrogen (secondary N) is 1. The van der Waals surface area contributed by atoms with E-state index in [1.54, 1.807) is 0 Å². The van der Waals surface area contributed by atoms with Gasteiger partial charge < -0.3 is 16.0 Å². The maximum Gasteiger partial charge on any atom is 0.220 e. The minimum Gasteiger partial charge on any atom is -0.353 e. The summed E-state index contributed by atoms with van der Waals surface area (Å²) in [5.41, 5.74) is 6.04. The molecule has 0 aromatic rings. The first-order valence-electron chi connectivity index (χ1n) is 8.48. The lowest BCUT2D eigenvalue weighted by Crippen LogP contribution is -2.45. The van der Waals surface area contributed by atoms with E-state index >= 15 is 0 Å². The van der Waals surface area contributed by atoms with Crippen LogP contribution in [0.25, 0.3) is 0 Å². The van der Waals surface area contributed by atoms with Crippen LogP contribution in [0.15, 0.2) is 0 Å². The van der Waals surface area contributed by atoms with Crippen LogP contribution in [0.4, 0.5) is 0 Å². The molecule has 2 atom stereocenters. The molecule has 0 bridgehead atoms. The van der Waals surface area contributed by atoms with Crippen LogP contribution in [0.1, 0.15) is 51.4 Å². The first-order chi connectivity index (χ1) is 9.70. The standard InChI is InChI=1S/C16H29N3O/c17-15-3-1-2-13(15)10-16(20)18-14-6-8-19(9-7-14)11-12-4-5-12/h12-15H,1-11,17H2,(H,18,20)/t13-,15+/m0/s1. The van der Waals surface area contributed by atoms with E-state index in [4.69, 9.17) is 5.73 Å². The average Bonchev–Trinajstić information content (AvgIpc) is 3.16. The highest BCUT2D eigenvalue weighted by Gasteiger charge is 2.29. The summed E-state index contributed by atoms with van der Waals surface area (Å²) in [5, 5.41) is 3.23. The molecule has 2 aliphatic carbocycles. The number of likely N-dealkylation sites (tertiary alicyclic amines) is 1. The van der Waals surface area contributed by atoms with E-state index in [-0.39, 0.29) is 11.9 Å². The predicted molar refractivity (Wildman–Crippen MR) is 80.3 cm³/mol. The minimum atomic E-state index is 0.230. The van der Waals surface area contributed by atoms with Gasteiger partial charge in [-0.3, -0.25) is 4.79 Å². The van der Waals surface area contributed by atoms with Gasteiger partial charge >= 0.3 is 0 Å². The molecule has 0 aromatic carbocycles. The zero-order valence-electron chi connectivity index (χ0n) is 12.5. The Kier molecular flexibility index (Phi) is 4.61. The van der Waals surface area contributed by atoms with E-state index in [9.17, 15) is 4.79 Å². The van der Waals surface area contributed by atoms with Crippen molar-refractivity contribution in [2.45, 2.75) is 63.5 Å². The van der Waals surface area contributed by atoms with Crippen molar-refractivity contribution in [3.05, 3.63) is 0 Å². The van der Waals surface area contributed by atoms with E-state index < -0.39 is 0 Å². The number of hydrogen-bond donors (Lipinski definition) is 2. The molecule has 3 aliphatic rings. The molecular formula is C16H29N3O. The maximum absolute atomic E-state index is 12.1. The third-order valence-electron chi connectivity index (χ3n) is 5.33. The smallest absolute Gasteiger partial charge is 0.220 e. The summed E-state index contributed by atoms with van der Waals surface area (Å²) in [5.74, 6) is 1.63. The summed E-state index contributed by atoms with van der Waals surface area (Å²) in [6.07, 6.45) is 9.16. The Morgan fingerprint density at radius 2 is 1.85 bits per heavy atom. The molecule has 4 heteroatoms. The largest absolute Gasteiger partial charge is 0.353 e. The highest BCUT2D eigenvalue weighted by molar-refractivity contribution is 5.76. The van der Waals surface area contributed by atoms with Gasteiger partial charge in [0.2, 0.25) is 5.91 Å². The van der Waals surface area contributed by atoms with Crippen LogP contribution >= 0.6 is 0 Å². The number of rotatable bonds is 5. The molecule has 20 heavy (non-hydrogen) atoms. The van der Waals surface area contributed by atoms with Gasteiger partial charge in [-0.05, 0) is 50.4 Å². The molecule has 0 spiro atoms. The molecular weight excluding hydrogens is 250 g/mol. The molecule has 3 fully saturated rings. The second kappa shape index (κ2) is 6.44. The normalized spacial score (nSPS) is 32.5. The first kappa shape index (κ1) is 14.3. The van der Waals surface area contributed by atoms with Gasteiger partial charge in [-0.1, -0.05) is 6.42 Å². The number of carbonyl (C=O) groups is 1. The van der Waals surface area contributed by atoms with Gasteiger partial charge in [0.25, 0.3) is 0 Å². The van der Waals surface area contributed by atoms with Crippen molar-refractivity contribution in [1.29, 1.82) is 0 Å². The maximum atomic E-state index is 12.1. The van der Waals surface area contributed by atoms with Crippen molar-refractivity contribution in [2.75, 3.05) is 19.6 Å². The van der Waals surface area contributed by atoms with E-state index in [2.05, 4.69) is 10.2 Å². The lowest BCUT2D eigenvalue weighted by molar-refractivity contribution is -0.123. The minimum absolute atomic E-state index is 0.230. The van der Waals surface area contributed by atoms with Gasteiger partial charge in [0.1, 0.15) is 0 Å². The van der Waals surface area contributed by atoms with Gasteiger partial charge in [0.15, 0.2) is 0 Å². The molecule has 1 amide bonds. The Balaban J connectivity index is 1.34. The Labute approximate surface area is 122 Å². The summed E-state index contributed by atoms with van der Waals surface area (Å²) in [6.45, 7) is 3.60. The quantitative estimate of drug-likeness (QED) is 0.802. The second-order valence-corrected chi connectivity index (χ2v) is 7.14. The van der Waals surface area contributed by atoms with Gasteiger partial charge in [0, 0.05) is 38.1 Å². The number of nitrogens with zero attached hydrogens (tertiary/aromatic N) is 1. The van der Waals surface area contributed by atoms with Crippen LogP contribution < -0.4 is 11.1 Å². The van der Waals surface area contributed by atoms with Crippen LogP contribution in [0.2, 0.25) is 0 Å². The fourth-order valence-corrected chi connectivity index (χ4v) is 3.77. The fourth-order valence-electron chi connectivity index (χ4n) is 3.77. The number of hydrogen-bond acceptors (Lipinski definition) is 3. The van der Waals surface area contributed by atoms with E-state index in [1.165, 1.54) is 25.8 Å². The topological polar surface area (TPSA) is 58.4 Å². The molecule has 0 radical (unpaired) electrons. The fraction of sp³-hybridized carbons (Fsp3) is 0.938. The molecule has 2 saturated carbocycles. The van der Waals surface area contributed by atoms with Gasteiger partial charge in [0.05, 0.1) is 0 Å². The molecule has 114 valence electrons. The van der Waals surface area contributed by atoms with E-state index in [0.29, 0.717) is 18.4 Å². The Morgan fingerprint density at radius 1 is 1.10 bits per heavy atom. The summed E-state index contributed by atoms with van der Waals surface area (Å²) in [4.78, 5) is 14.7. The van der Waals surface area contributed by atoms with Gasteiger partial charge in [-0.25, -0.2) is 0 Å². The first-order valence-corrected chi connectivity index (χ1v) is 8.48. The van der Waals surface area contributed by atoms with Crippen LogP contribution in [-0.2, 0) is 4.79 Å². The second-order valence-electron chi connectivity index (χ2n) is 7.14. The molecule has 1 saturated heterocycles. The number of amides is 1. The molecule has 1 aliphatic heterocycles. The average molecular weight is 279 g/mol. The van der Waals surface area contributed by atoms with E-state index in [1.807, 2.05) is 0 Å². The van der Waals surface area contributed by atoms with Gasteiger partial charge in [-0.2, -0.15) is 0 Å². The lowest BCUT2D eigenvalue weighted by Gasteiger charge is -2.32. The number of nitrogens with two attached hydrogens (primary N) is 1. The highest BCUT2D eigenvalue weighted by atomic mass is 16.1.